The Morgan fingerprint density at radius 3 is 1.81 bits per heavy atom. The van der Waals surface area contributed by atoms with E-state index in [9.17, 15) is 0 Å². The van der Waals surface area contributed by atoms with Gasteiger partial charge in [0.2, 0.25) is 5.28 Å². The first-order valence-electron chi connectivity index (χ1n) is 22.0. The molecule has 1 aliphatic heterocycles. The lowest BCUT2D eigenvalue weighted by Crippen LogP contribution is -2.40. The maximum absolute atomic E-state index is 6.56. The predicted octanol–water partition coefficient (Wildman–Crippen LogP) is 14.8. The molecule has 0 unspecified atom stereocenters. The number of hydrogen-bond acceptors (Lipinski definition) is 3. The minimum Gasteiger partial charge on any atom is -0.308 e. The van der Waals surface area contributed by atoms with E-state index in [1.54, 1.807) is 0 Å². The topological polar surface area (TPSA) is 43.6 Å². The maximum atomic E-state index is 6.56. The summed E-state index contributed by atoms with van der Waals surface area (Å²) in [6.45, 7) is 4.79. The first kappa shape index (κ1) is 35.9. The molecule has 11 aromatic rings. The van der Waals surface area contributed by atoms with Crippen LogP contribution < -0.4 is 0 Å². The highest BCUT2D eigenvalue weighted by Gasteiger charge is 2.55. The van der Waals surface area contributed by atoms with Gasteiger partial charge in [0, 0.05) is 38.4 Å². The van der Waals surface area contributed by atoms with Crippen LogP contribution >= 0.6 is 11.6 Å². The molecule has 14 rings (SSSR count). The third-order valence-corrected chi connectivity index (χ3v) is 14.7. The Morgan fingerprint density at radius 2 is 1.03 bits per heavy atom. The van der Waals surface area contributed by atoms with Gasteiger partial charge in [-0.15, -0.1) is 0 Å². The van der Waals surface area contributed by atoms with Crippen LogP contribution in [0.4, 0.5) is 0 Å². The van der Waals surface area contributed by atoms with Crippen molar-refractivity contribution in [1.29, 1.82) is 0 Å². The largest absolute Gasteiger partial charge is 0.308 e. The van der Waals surface area contributed by atoms with Crippen LogP contribution in [0.2, 0.25) is 5.28 Å². The van der Waals surface area contributed by atoms with Crippen LogP contribution in [0.5, 0.6) is 0 Å². The second-order valence-corrected chi connectivity index (χ2v) is 18.4. The van der Waals surface area contributed by atoms with E-state index in [0.717, 1.165) is 27.5 Å². The van der Waals surface area contributed by atoms with Crippen molar-refractivity contribution in [2.75, 3.05) is 0 Å². The minimum absolute atomic E-state index is 0.168. The molecule has 0 atom stereocenters. The van der Waals surface area contributed by atoms with E-state index in [0.29, 0.717) is 11.6 Å². The Kier molecular flexibility index (Phi) is 7.13. The number of hydrogen-bond donors (Lipinski definition) is 0. The number of halogens is 1. The van der Waals surface area contributed by atoms with E-state index in [2.05, 4.69) is 186 Å². The van der Waals surface area contributed by atoms with Gasteiger partial charge in [-0.1, -0.05) is 178 Å². The average molecular weight is 837 g/mol. The summed E-state index contributed by atoms with van der Waals surface area (Å²) in [6.07, 6.45) is 0. The highest BCUT2D eigenvalue weighted by Crippen LogP contribution is 2.66. The van der Waals surface area contributed by atoms with Gasteiger partial charge < -0.3 is 4.57 Å². The van der Waals surface area contributed by atoms with Gasteiger partial charge in [-0.25, -0.2) is 4.98 Å². The monoisotopic (exact) mass is 836 g/mol. The van der Waals surface area contributed by atoms with Crippen molar-refractivity contribution in [2.45, 2.75) is 24.7 Å². The third-order valence-electron chi connectivity index (χ3n) is 14.6. The van der Waals surface area contributed by atoms with Gasteiger partial charge in [0.05, 0.1) is 22.1 Å². The predicted molar refractivity (Wildman–Crippen MR) is 261 cm³/mol. The number of nitrogens with zero attached hydrogens (tertiary/aromatic N) is 4. The third kappa shape index (κ3) is 4.55. The fourth-order valence-corrected chi connectivity index (χ4v) is 12.1. The quantitative estimate of drug-likeness (QED) is 0.178. The lowest BCUT2D eigenvalue weighted by molar-refractivity contribution is 0.563. The van der Waals surface area contributed by atoms with Crippen molar-refractivity contribution in [3.8, 4) is 61.8 Å². The van der Waals surface area contributed by atoms with Gasteiger partial charge in [0.25, 0.3) is 0 Å². The van der Waals surface area contributed by atoms with E-state index in [-0.39, 0.29) is 10.7 Å². The summed E-state index contributed by atoms with van der Waals surface area (Å²) < 4.78 is 2.56. The molecular weight excluding hydrogens is 800 g/mol. The molecule has 0 saturated heterocycles. The SMILES string of the molecule is CC1(C)c2ccccc2C2(c3ccccc31)c1ccc(-c3ccc4ccc(-c5nc(Cl)nc(-c6ccccc6)n5)cc4c3)c3c1-c1c2ccc2c4ccccc4n(c12)-c1ccccc1-3. The first-order chi connectivity index (χ1) is 31.4. The maximum Gasteiger partial charge on any atom is 0.226 e. The summed E-state index contributed by atoms with van der Waals surface area (Å²) in [5.74, 6) is 1.09. The van der Waals surface area contributed by atoms with Crippen LogP contribution in [0.3, 0.4) is 0 Å². The fraction of sp³-hybridized carbons (Fsp3) is 0.0678. The smallest absolute Gasteiger partial charge is 0.226 e. The molecule has 9 aromatic carbocycles. The highest BCUT2D eigenvalue weighted by atomic mass is 35.5. The molecule has 3 heterocycles. The van der Waals surface area contributed by atoms with Gasteiger partial charge in [-0.3, -0.25) is 0 Å². The van der Waals surface area contributed by atoms with Crippen molar-refractivity contribution >= 4 is 44.2 Å². The fourth-order valence-electron chi connectivity index (χ4n) is 11.9. The summed E-state index contributed by atoms with van der Waals surface area (Å²) >= 11 is 6.56. The molecule has 2 aliphatic carbocycles. The second kappa shape index (κ2) is 12.7. The highest BCUT2D eigenvalue weighted by molar-refractivity contribution is 6.28. The zero-order chi connectivity index (χ0) is 42.5. The van der Waals surface area contributed by atoms with Crippen molar-refractivity contribution in [1.82, 2.24) is 19.5 Å². The van der Waals surface area contributed by atoms with Crippen molar-refractivity contribution in [3.05, 3.63) is 227 Å². The van der Waals surface area contributed by atoms with Gasteiger partial charge in [0.15, 0.2) is 11.6 Å². The van der Waals surface area contributed by atoms with Crippen LogP contribution in [0.1, 0.15) is 47.2 Å². The molecule has 0 fully saturated rings. The molecular formula is C59H37ClN4. The molecule has 3 aliphatic rings. The Hall–Kier alpha value is -7.66. The lowest BCUT2D eigenvalue weighted by atomic mass is 9.55. The minimum atomic E-state index is -0.537. The summed E-state index contributed by atoms with van der Waals surface area (Å²) in [6, 6.07) is 69.4. The molecule has 0 saturated carbocycles. The molecule has 5 heteroatoms. The number of para-hydroxylation sites is 2. The molecule has 1 spiro atoms. The molecule has 4 nitrogen and oxygen atoms in total. The van der Waals surface area contributed by atoms with Gasteiger partial charge >= 0.3 is 0 Å². The molecule has 0 amide bonds. The number of rotatable bonds is 3. The second-order valence-electron chi connectivity index (χ2n) is 18.0. The summed E-state index contributed by atoms with van der Waals surface area (Å²) in [5, 5.41) is 4.94. The van der Waals surface area contributed by atoms with Crippen molar-refractivity contribution in [3.63, 3.8) is 0 Å². The van der Waals surface area contributed by atoms with E-state index in [1.807, 2.05) is 30.3 Å². The van der Waals surface area contributed by atoms with Crippen LogP contribution in [0.25, 0.3) is 94.4 Å². The summed E-state index contributed by atoms with van der Waals surface area (Å²) in [4.78, 5) is 14.0. The molecule has 0 bridgehead atoms. The molecule has 2 aromatic heterocycles. The number of aromatic nitrogens is 4. The van der Waals surface area contributed by atoms with Gasteiger partial charge in [-0.05, 0) is 102 Å². The summed E-state index contributed by atoms with van der Waals surface area (Å²) in [7, 11) is 0. The van der Waals surface area contributed by atoms with E-state index < -0.39 is 5.41 Å². The Morgan fingerprint density at radius 1 is 0.422 bits per heavy atom. The van der Waals surface area contributed by atoms with E-state index >= 15 is 0 Å². The van der Waals surface area contributed by atoms with Crippen LogP contribution in [-0.2, 0) is 10.8 Å². The zero-order valence-electron chi connectivity index (χ0n) is 35.1. The standard InChI is InChI=1S/C59H37ClN4/c1-58(2)43-18-8-10-20-45(43)59(46-21-11-9-19-44(46)58)47-30-28-39(36-26-24-34-25-27-37(33-38(34)32-36)56-61-55(62-57(60)63-56)35-14-4-3-5-15-35)51-42-17-7-13-23-50(42)64-49-22-12-6-16-40(49)41-29-31-48(59)53(52(47)51)54(41)64/h3-33H,1-2H3. The normalized spacial score (nSPS) is 14.4. The van der Waals surface area contributed by atoms with Crippen molar-refractivity contribution < 1.29 is 0 Å². The molecule has 300 valence electrons. The molecule has 0 N–H and O–H groups in total. The van der Waals surface area contributed by atoms with Gasteiger partial charge in [0.1, 0.15) is 0 Å². The number of benzene rings is 9. The Labute approximate surface area is 375 Å². The Bertz CT molecular complexity index is 3790. The van der Waals surface area contributed by atoms with Crippen molar-refractivity contribution in [2.24, 2.45) is 0 Å². The van der Waals surface area contributed by atoms with Crippen LogP contribution in [0, 0.1) is 0 Å². The van der Waals surface area contributed by atoms with Crippen LogP contribution in [-0.4, -0.2) is 19.5 Å². The average Bonchev–Trinajstić information content (AvgIpc) is 3.79. The molecule has 0 radical (unpaired) electrons. The van der Waals surface area contributed by atoms with E-state index in [4.69, 9.17) is 16.6 Å². The van der Waals surface area contributed by atoms with Gasteiger partial charge in [-0.2, -0.15) is 9.97 Å². The number of fused-ring (bicyclic) bond motifs is 13. The zero-order valence-corrected chi connectivity index (χ0v) is 35.8. The van der Waals surface area contributed by atoms with Crippen LogP contribution in [0.15, 0.2) is 188 Å². The molecule has 64 heavy (non-hydrogen) atoms. The van der Waals surface area contributed by atoms with E-state index in [1.165, 1.54) is 88.7 Å². The summed E-state index contributed by atoms with van der Waals surface area (Å²) in [5.41, 5.74) is 20.3. The Balaban J connectivity index is 1.08. The lowest BCUT2D eigenvalue weighted by Gasteiger charge is -2.46. The first-order valence-corrected chi connectivity index (χ1v) is 22.3.